The van der Waals surface area contributed by atoms with E-state index >= 15 is 0 Å². The highest BCUT2D eigenvalue weighted by Crippen LogP contribution is 2.57. The number of hydrogen-bond acceptors (Lipinski definition) is 27. The topological polar surface area (TPSA) is 461 Å². The van der Waals surface area contributed by atoms with Crippen molar-refractivity contribution in [3.63, 3.8) is 0 Å². The number of aromatic nitrogens is 16. The lowest BCUT2D eigenvalue weighted by Gasteiger charge is -2.29. The summed E-state index contributed by atoms with van der Waals surface area (Å²) in [7, 11) is 0. The summed E-state index contributed by atoms with van der Waals surface area (Å²) < 4.78 is 10.8. The van der Waals surface area contributed by atoms with Crippen LogP contribution in [0.3, 0.4) is 0 Å². The molecule has 0 bridgehead atoms. The lowest BCUT2D eigenvalue weighted by molar-refractivity contribution is -0.119. The van der Waals surface area contributed by atoms with Crippen molar-refractivity contribution < 1.29 is 50.4 Å². The SMILES string of the molecule is Cc1ncnc2c1ccn2[C@@H]1C[C@@]2(CC(=O)N(c3ccc4cc(Br)c(N)nc4c3)C2)[C@@H](O)[C@H]1O.Cc1ncnc2c1ccn2[C@@H]1C[C@@]2(CC(=O)N(c3ccc4cc(Br)c(N)nc4c3)C2)[C@@H](O)[C@H]1O.Cc1ncnc2c1ccn2[C@@H]1C[C@@]2(CCN(c3ccc4cc(Br)c(Cl)nc4c3)C2)[C@@H](O)[C@H]1O.Cc1ncnc2c1ccn2[C@@H]1C[C@@]2(CCN(c3ccc4cc(Br)c(N)nc4c3)C2)[C@@H](O)[C@H]1O. The Bertz CT molecular complexity index is 7030. The van der Waals surface area contributed by atoms with Gasteiger partial charge in [0.05, 0.1) is 111 Å². The molecule has 4 saturated carbocycles. The fourth-order valence-electron chi connectivity index (χ4n) is 22.6. The molecule has 4 aliphatic heterocycles. The molecule has 24 rings (SSSR count). The second-order valence-corrected chi connectivity index (χ2v) is 41.2. The van der Waals surface area contributed by atoms with Gasteiger partial charge in [0.25, 0.3) is 0 Å². The summed E-state index contributed by atoms with van der Waals surface area (Å²) in [5, 5.41) is 97.0. The molecule has 688 valence electrons. The van der Waals surface area contributed by atoms with Gasteiger partial charge in [-0.15, -0.1) is 0 Å². The van der Waals surface area contributed by atoms with Gasteiger partial charge in [-0.25, -0.2) is 59.8 Å². The number of amides is 2. The Morgan fingerprint density at radius 1 is 0.351 bits per heavy atom. The van der Waals surface area contributed by atoms with Crippen molar-refractivity contribution in [2.24, 2.45) is 21.7 Å². The van der Waals surface area contributed by atoms with Gasteiger partial charge in [0.15, 0.2) is 0 Å². The monoisotopic (exact) mass is 2080 g/mol. The van der Waals surface area contributed by atoms with E-state index in [0.717, 1.165) is 143 Å². The number of anilines is 7. The summed E-state index contributed by atoms with van der Waals surface area (Å²) in [6.07, 6.45) is 10.5. The second kappa shape index (κ2) is 34.0. The zero-order chi connectivity index (χ0) is 93.4. The molecule has 4 aromatic carbocycles. The number of aryl methyl sites for hydroxylation is 4. The number of carbonyl (C=O) groups excluding carboxylic acids is 2. The van der Waals surface area contributed by atoms with E-state index in [0.29, 0.717) is 108 Å². The first-order valence-electron chi connectivity index (χ1n) is 44.3. The Morgan fingerprint density at radius 3 is 0.948 bits per heavy atom. The zero-order valence-electron chi connectivity index (χ0n) is 73.0. The lowest BCUT2D eigenvalue weighted by Crippen LogP contribution is -2.38. The first-order valence-corrected chi connectivity index (χ1v) is 47.8. The maximum Gasteiger partial charge on any atom is 0.227 e. The van der Waals surface area contributed by atoms with Gasteiger partial charge < -0.3 is 95.9 Å². The third-order valence-electron chi connectivity index (χ3n) is 29.8. The molecule has 4 spiro atoms. The van der Waals surface area contributed by atoms with Crippen molar-refractivity contribution in [2.45, 2.75) is 152 Å². The van der Waals surface area contributed by atoms with E-state index in [1.54, 1.807) is 22.5 Å². The second-order valence-electron chi connectivity index (χ2n) is 37.4. The molecule has 8 fully saturated rings. The van der Waals surface area contributed by atoms with Crippen molar-refractivity contribution >= 4 is 215 Å². The highest BCUT2D eigenvalue weighted by molar-refractivity contribution is 9.11. The van der Waals surface area contributed by atoms with Crippen molar-refractivity contribution in [3.8, 4) is 0 Å². The normalized spacial score (nSPS) is 27.2. The smallest absolute Gasteiger partial charge is 0.227 e. The molecule has 0 unspecified atom stereocenters. The van der Waals surface area contributed by atoms with Crippen molar-refractivity contribution in [1.29, 1.82) is 0 Å². The molecular weight excluding hydrogens is 1990 g/mol. The minimum Gasteiger partial charge on any atom is -0.390 e. The summed E-state index contributed by atoms with van der Waals surface area (Å²) in [5.41, 5.74) is 28.7. The summed E-state index contributed by atoms with van der Waals surface area (Å²) in [6.45, 7) is 11.3. The van der Waals surface area contributed by atoms with Gasteiger partial charge in [0, 0.05) is 164 Å². The van der Waals surface area contributed by atoms with Crippen LogP contribution in [0.5, 0.6) is 0 Å². The number of benzene rings is 4. The molecule has 4 saturated heterocycles. The van der Waals surface area contributed by atoms with Crippen LogP contribution in [0.15, 0.2) is 189 Å². The Hall–Kier alpha value is -11.2. The van der Waals surface area contributed by atoms with E-state index in [2.05, 4.69) is 145 Å². The predicted octanol–water partition coefficient (Wildman–Crippen LogP) is 12.9. The minimum absolute atomic E-state index is 0.0909. The molecule has 8 aliphatic rings. The molecule has 38 heteroatoms. The molecule has 16 heterocycles. The molecular formula is C96H94Br4ClN23O10. The van der Waals surface area contributed by atoms with Crippen molar-refractivity contribution in [2.75, 3.05) is 76.1 Å². The average Bonchev–Trinajstić information content (AvgIpc) is 1.59. The van der Waals surface area contributed by atoms with Gasteiger partial charge in [-0.3, -0.25) is 9.59 Å². The number of aliphatic hydroxyl groups excluding tert-OH is 8. The van der Waals surface area contributed by atoms with E-state index in [1.165, 1.54) is 12.7 Å². The number of rotatable bonds is 8. The average molecular weight is 2090 g/mol. The van der Waals surface area contributed by atoms with Crippen LogP contribution in [0.4, 0.5) is 40.2 Å². The van der Waals surface area contributed by atoms with Gasteiger partial charge in [-0.1, -0.05) is 35.9 Å². The molecule has 14 N–H and O–H groups in total. The molecule has 12 aromatic heterocycles. The van der Waals surface area contributed by atoms with E-state index in [4.69, 9.17) is 28.8 Å². The van der Waals surface area contributed by atoms with Crippen LogP contribution in [0.25, 0.3) is 87.7 Å². The Kier molecular flexibility index (Phi) is 22.7. The number of pyridine rings is 4. The van der Waals surface area contributed by atoms with Crippen LogP contribution in [0, 0.1) is 49.4 Å². The van der Waals surface area contributed by atoms with E-state index in [-0.39, 0.29) is 47.6 Å². The van der Waals surface area contributed by atoms with Crippen LogP contribution in [0.2, 0.25) is 5.15 Å². The summed E-state index contributed by atoms with van der Waals surface area (Å²) in [4.78, 5) is 86.8. The molecule has 16 atom stereocenters. The standard InChI is InChI=1S/C24H23BrClN5O2.2C24H23BrN6O3.C24H25BrN6O2/c1-13-16-4-6-31(23(16)28-12-27-13)19-10-24(21(33)20(19)32)5-7-30(11-24)15-3-2-14-8-17(25)22(26)29-18(14)9-15;2*1-12-15-4-5-30(23(15)28-11-27-12)18-8-24(21(34)20(18)33)9-19(32)31(10-24)14-3-2-13-6-16(25)22(26)29-17(13)7-14;1-13-16-4-6-31(23(16)28-12-27-13)19-10-24(21(33)20(19)32)5-7-30(11-24)15-3-2-14-8-17(25)22(26)29-18(14)9-15/h2-4,6,8-9,12,19-21,32-33H,5,7,10-11H2,1H3;2*2-7,11,18,20-21,33-34H,8-10H2,1H3,(H2,26,29);2-4,6,8-9,12,19-21,32-33H,5,7,10-11H2,1H3,(H2,26,29)/t19-,20+,21+,24-;2*18-,20+,21+,24+;19-,20+,21+,24-/m1111/s1. The Balaban J connectivity index is 0.000000107. The third-order valence-corrected chi connectivity index (χ3v) is 32.9. The summed E-state index contributed by atoms with van der Waals surface area (Å²) in [5.74, 6) is 1.04. The molecule has 16 aromatic rings. The Morgan fingerprint density at radius 2 is 0.627 bits per heavy atom. The summed E-state index contributed by atoms with van der Waals surface area (Å²) in [6, 6.07) is 37.8. The molecule has 2 amide bonds. The van der Waals surface area contributed by atoms with Crippen LogP contribution >= 0.6 is 75.3 Å². The van der Waals surface area contributed by atoms with Crippen LogP contribution in [-0.2, 0) is 9.59 Å². The van der Waals surface area contributed by atoms with E-state index < -0.39 is 71.7 Å². The minimum atomic E-state index is -1.04. The summed E-state index contributed by atoms with van der Waals surface area (Å²) >= 11 is 19.9. The van der Waals surface area contributed by atoms with E-state index in [1.807, 2.05) is 180 Å². The van der Waals surface area contributed by atoms with Gasteiger partial charge in [0.2, 0.25) is 11.8 Å². The van der Waals surface area contributed by atoms with Crippen LogP contribution in [-0.4, -0.2) is 219 Å². The van der Waals surface area contributed by atoms with Gasteiger partial charge in [0.1, 0.15) is 94.9 Å². The van der Waals surface area contributed by atoms with Crippen LogP contribution in [0.1, 0.15) is 98.3 Å². The highest BCUT2D eigenvalue weighted by Gasteiger charge is 2.62. The molecule has 4 aliphatic carbocycles. The van der Waals surface area contributed by atoms with Gasteiger partial charge >= 0.3 is 0 Å². The number of nitrogens with two attached hydrogens (primary N) is 3. The number of nitrogen functional groups attached to an aromatic ring is 3. The number of hydrogen-bond donors (Lipinski definition) is 11. The number of halogens is 5. The zero-order valence-corrected chi connectivity index (χ0v) is 80.1. The van der Waals surface area contributed by atoms with Gasteiger partial charge in [-0.05, 0) is 227 Å². The maximum atomic E-state index is 13.1. The van der Waals surface area contributed by atoms with Crippen LogP contribution < -0.4 is 36.8 Å². The number of aliphatic hydroxyl groups is 8. The predicted molar refractivity (Wildman–Crippen MR) is 525 cm³/mol. The molecule has 134 heavy (non-hydrogen) atoms. The number of carbonyl (C=O) groups is 2. The fourth-order valence-corrected chi connectivity index (χ4v) is 24.1. The first-order chi connectivity index (χ1) is 64.3. The first kappa shape index (κ1) is 89.4. The Labute approximate surface area is 804 Å². The van der Waals surface area contributed by atoms with Crippen molar-refractivity contribution in [3.05, 3.63) is 217 Å². The quantitative estimate of drug-likeness (QED) is 0.0629. The molecule has 0 radical (unpaired) electrons. The third kappa shape index (κ3) is 15.1. The maximum absolute atomic E-state index is 13.1. The lowest BCUT2D eigenvalue weighted by atomic mass is 9.82. The number of nitrogens with zero attached hydrogens (tertiary/aromatic N) is 20. The fraction of sp³-hybridized carbons (Fsp3) is 0.354. The van der Waals surface area contributed by atoms with Gasteiger partial charge in [-0.2, -0.15) is 0 Å². The molecule has 33 nitrogen and oxygen atoms in total. The van der Waals surface area contributed by atoms with E-state index in [9.17, 15) is 50.4 Å². The highest BCUT2D eigenvalue weighted by atomic mass is 79.9. The van der Waals surface area contributed by atoms with Crippen molar-refractivity contribution in [1.82, 2.24) is 78.1 Å². The largest absolute Gasteiger partial charge is 0.390 e. The number of fused-ring (bicyclic) bond motifs is 8.